The molecule has 7 heterocycles. The molecule has 3 amide bonds. The molecule has 25 heteroatoms. The molecule has 0 saturated carbocycles. The van der Waals surface area contributed by atoms with Gasteiger partial charge in [-0.05, 0) is 217 Å². The number of sulfonamides is 1. The fourth-order valence-corrected chi connectivity index (χ4v) is 18.6. The number of benzene rings is 8. The fraction of sp³-hybridized carbons (Fsp3) is 0.389. The van der Waals surface area contributed by atoms with Gasteiger partial charge in [0, 0.05) is 174 Å². The van der Waals surface area contributed by atoms with Gasteiger partial charge in [-0.25, -0.2) is 22.9 Å². The van der Waals surface area contributed by atoms with Crippen molar-refractivity contribution < 1.29 is 37.4 Å². The van der Waals surface area contributed by atoms with E-state index in [9.17, 15) is 47.9 Å². The summed E-state index contributed by atoms with van der Waals surface area (Å²) in [6.45, 7) is 26.6. The van der Waals surface area contributed by atoms with E-state index in [0.29, 0.717) is 93.4 Å². The topological polar surface area (TPSA) is 278 Å². The van der Waals surface area contributed by atoms with Crippen LogP contribution in [-0.2, 0) is 10.0 Å². The van der Waals surface area contributed by atoms with Crippen molar-refractivity contribution in [1.82, 2.24) is 19.7 Å². The van der Waals surface area contributed by atoms with Crippen molar-refractivity contribution in [3.63, 3.8) is 0 Å². The molecule has 0 spiro atoms. The number of piperazine rings is 3. The smallest absolute Gasteiger partial charge is 0.254 e. The number of amides is 3. The van der Waals surface area contributed by atoms with E-state index in [4.69, 9.17) is 5.14 Å². The van der Waals surface area contributed by atoms with Crippen LogP contribution in [0.3, 0.4) is 0 Å². The van der Waals surface area contributed by atoms with Crippen molar-refractivity contribution in [2.75, 3.05) is 163 Å². The van der Waals surface area contributed by atoms with Crippen LogP contribution in [0.2, 0.25) is 0 Å². The summed E-state index contributed by atoms with van der Waals surface area (Å²) in [7, 11) is -3.83. The molecule has 23 nitrogen and oxygen atoms in total. The molecule has 628 valence electrons. The lowest BCUT2D eigenvalue weighted by Gasteiger charge is -2.42. The number of para-hydroxylation sites is 5. The first-order valence-corrected chi connectivity index (χ1v) is 43.5. The number of carbonyl (C=O) groups is 3. The van der Waals surface area contributed by atoms with Crippen LogP contribution in [0.25, 0.3) is 0 Å². The Labute approximate surface area is 706 Å². The second kappa shape index (κ2) is 39.0. The Kier molecular flexibility index (Phi) is 28.0. The minimum atomic E-state index is -3.83. The largest absolute Gasteiger partial charge is 0.394 e. The Morgan fingerprint density at radius 2 is 0.767 bits per heavy atom. The molecule has 0 aliphatic carbocycles. The van der Waals surface area contributed by atoms with Crippen LogP contribution in [0, 0.1) is 83.9 Å². The SMILES string of the molecule is Cc1cc(C)c(C(=O)N2CCN(c3ccccc3C)[C@H](CO)C2)cc1NC1CCN(c2ccccc2C#N)CC1.Cc1cc(C)c(C(=O)N2CCN(c3ccccc3S(N)(=O)=O)CC2)cc1NC1CCN(c2ccccc2C)CC1.Cc1cc(C)c(C(=O)N2CCN(c3ncccc3F)[C@H](CO)C2)cc1NC1CCN(c2ccccc2C#N)CC1. The summed E-state index contributed by atoms with van der Waals surface area (Å²) in [5.41, 5.74) is 20.1. The predicted octanol–water partition coefficient (Wildman–Crippen LogP) is 13.3. The number of hydrogen-bond acceptors (Lipinski definition) is 19. The van der Waals surface area contributed by atoms with Gasteiger partial charge in [0.1, 0.15) is 17.0 Å². The Hall–Kier alpha value is -11.7. The third-order valence-corrected chi connectivity index (χ3v) is 25.6. The van der Waals surface area contributed by atoms with E-state index in [2.05, 4.69) is 129 Å². The van der Waals surface area contributed by atoms with Crippen molar-refractivity contribution in [1.29, 1.82) is 10.5 Å². The average molecular weight is 1640 g/mol. The van der Waals surface area contributed by atoms with E-state index in [1.54, 1.807) is 28.0 Å². The highest BCUT2D eigenvalue weighted by atomic mass is 32.2. The summed E-state index contributed by atoms with van der Waals surface area (Å²) >= 11 is 0. The van der Waals surface area contributed by atoms with E-state index >= 15 is 0 Å². The van der Waals surface area contributed by atoms with Crippen LogP contribution in [0.15, 0.2) is 181 Å². The van der Waals surface area contributed by atoms with Crippen molar-refractivity contribution in [3.05, 3.63) is 254 Å². The number of carbonyl (C=O) groups excluding carboxylic acids is 3. The van der Waals surface area contributed by atoms with Crippen LogP contribution >= 0.6 is 0 Å². The molecule has 6 fully saturated rings. The van der Waals surface area contributed by atoms with Gasteiger partial charge in [-0.3, -0.25) is 14.4 Å². The predicted molar refractivity (Wildman–Crippen MR) is 477 cm³/mol. The number of nitrogens with zero attached hydrogens (tertiary/aromatic N) is 12. The number of nitriles is 2. The Bertz CT molecular complexity index is 5140. The maximum atomic E-state index is 14.4. The number of anilines is 9. The van der Waals surface area contributed by atoms with Gasteiger partial charge in [-0.2, -0.15) is 10.5 Å². The minimum Gasteiger partial charge on any atom is -0.394 e. The highest BCUT2D eigenvalue weighted by Crippen LogP contribution is 2.36. The highest BCUT2D eigenvalue weighted by molar-refractivity contribution is 7.89. The van der Waals surface area contributed by atoms with E-state index in [1.807, 2.05) is 127 Å². The third-order valence-electron chi connectivity index (χ3n) is 24.6. The molecule has 1 aromatic heterocycles. The van der Waals surface area contributed by atoms with Crippen molar-refractivity contribution in [2.45, 2.75) is 129 Å². The van der Waals surface area contributed by atoms with Crippen LogP contribution in [0.5, 0.6) is 0 Å². The molecule has 0 unspecified atom stereocenters. The average Bonchev–Trinajstić information content (AvgIpc) is 0.806. The van der Waals surface area contributed by atoms with Gasteiger partial charge in [0.25, 0.3) is 17.7 Å². The monoisotopic (exact) mass is 1640 g/mol. The number of piperidine rings is 3. The number of primary sulfonamides is 1. The Morgan fingerprint density at radius 3 is 1.18 bits per heavy atom. The van der Waals surface area contributed by atoms with Gasteiger partial charge >= 0.3 is 0 Å². The summed E-state index contributed by atoms with van der Waals surface area (Å²) in [5, 5.41) is 55.8. The van der Waals surface area contributed by atoms with Gasteiger partial charge in [-0.15, -0.1) is 0 Å². The summed E-state index contributed by atoms with van der Waals surface area (Å²) in [4.78, 5) is 63.8. The first-order chi connectivity index (χ1) is 57.9. The second-order valence-corrected chi connectivity index (χ2v) is 34.2. The summed E-state index contributed by atoms with van der Waals surface area (Å²) in [6, 6.07) is 59.1. The summed E-state index contributed by atoms with van der Waals surface area (Å²) < 4.78 is 38.5. The first-order valence-electron chi connectivity index (χ1n) is 42.0. The van der Waals surface area contributed by atoms with Crippen molar-refractivity contribution >= 4 is 79.1 Å². The number of halogens is 1. The number of nitrogens with one attached hydrogen (secondary N) is 3. The number of nitrogens with two attached hydrogens (primary N) is 1. The van der Waals surface area contributed by atoms with Crippen LogP contribution in [0.1, 0.15) is 125 Å². The molecule has 8 aromatic carbocycles. The highest BCUT2D eigenvalue weighted by Gasteiger charge is 2.36. The minimum absolute atomic E-state index is 0.00462. The summed E-state index contributed by atoms with van der Waals surface area (Å²) in [6.07, 6.45) is 7.34. The van der Waals surface area contributed by atoms with Crippen LogP contribution < -0.4 is 50.5 Å². The van der Waals surface area contributed by atoms with Crippen LogP contribution in [0.4, 0.5) is 55.7 Å². The van der Waals surface area contributed by atoms with Gasteiger partial charge in [0.05, 0.1) is 53.5 Å². The molecular weight excluding hydrogens is 1530 g/mol. The third kappa shape index (κ3) is 20.1. The molecule has 9 aromatic rings. The molecule has 0 radical (unpaired) electrons. The Balaban J connectivity index is 0.000000156. The van der Waals surface area contributed by atoms with Crippen molar-refractivity contribution in [2.24, 2.45) is 5.14 Å². The second-order valence-electron chi connectivity index (χ2n) is 32.7. The number of pyridine rings is 1. The molecule has 2 atom stereocenters. The maximum Gasteiger partial charge on any atom is 0.254 e. The molecule has 6 aliphatic heterocycles. The van der Waals surface area contributed by atoms with Gasteiger partial charge in [-0.1, -0.05) is 91.0 Å². The molecule has 0 bridgehead atoms. The van der Waals surface area contributed by atoms with Crippen LogP contribution in [-0.4, -0.2) is 204 Å². The van der Waals surface area contributed by atoms with E-state index in [0.717, 1.165) is 156 Å². The molecule has 15 rings (SSSR count). The first kappa shape index (κ1) is 86.1. The van der Waals surface area contributed by atoms with Gasteiger partial charge in [0.2, 0.25) is 10.0 Å². The van der Waals surface area contributed by atoms with Gasteiger partial charge < -0.3 is 70.3 Å². The molecule has 6 aliphatic rings. The zero-order valence-electron chi connectivity index (χ0n) is 70.3. The molecule has 120 heavy (non-hydrogen) atoms. The van der Waals surface area contributed by atoms with E-state index < -0.39 is 21.9 Å². The number of hydrogen-bond donors (Lipinski definition) is 6. The van der Waals surface area contributed by atoms with Gasteiger partial charge in [0.15, 0.2) is 11.6 Å². The number of aryl methyl sites for hydroxylation is 8. The van der Waals surface area contributed by atoms with E-state index in [1.165, 1.54) is 41.2 Å². The standard InChI is InChI=1S/C33H39N5O2.C31H35FN6O2.C31H39N5O3S/c1-23-8-4-6-10-31(23)38-17-16-37(21-28(38)22-39)33(40)29-19-30(25(3)18-24(29)2)35-27-12-14-36(15-13-27)32-11-7-5-9-26(32)20-34;1-21-16-22(2)28(35-24-9-12-36(13-10-24)29-8-4-3-6-23(29)18-33)17-26(21)31(40)37-14-15-38(25(19-37)20-39)30-27(32)7-5-11-34-30;1-22-8-4-5-9-28(22)34-14-12-25(13-15-34)33-27-21-26(23(2)20-24(27)3)31(37)36-18-16-35(17-19-36)29-10-6-7-11-30(29)40(32,38)39/h4-11,18-19,27-28,35,39H,12-17,21-22H2,1-3H3;3-8,11,16-17,24-25,35,39H,9-10,12-15,19-20H2,1-2H3;4-11,20-21,25,33H,12-19H2,1-3H3,(H2,32,38,39)/t28-;25-;/m00./s1. The number of rotatable bonds is 18. The number of aromatic nitrogens is 1. The van der Waals surface area contributed by atoms with Crippen molar-refractivity contribution in [3.8, 4) is 12.1 Å². The lowest BCUT2D eigenvalue weighted by atomic mass is 9.99. The molecule has 7 N–H and O–H groups in total. The lowest BCUT2D eigenvalue weighted by Crippen LogP contribution is -2.56. The zero-order valence-corrected chi connectivity index (χ0v) is 71.1. The number of aliphatic hydroxyl groups is 2. The Morgan fingerprint density at radius 1 is 0.417 bits per heavy atom. The normalized spacial score (nSPS) is 17.6. The number of aliphatic hydroxyl groups excluding tert-OH is 2. The summed E-state index contributed by atoms with van der Waals surface area (Å²) in [5.74, 6) is -0.302. The zero-order chi connectivity index (χ0) is 84.9. The fourth-order valence-electron chi connectivity index (χ4n) is 17.9. The quantitative estimate of drug-likeness (QED) is 0.0466. The molecular formula is C95H113FN16O7S. The molecule has 6 saturated heterocycles. The maximum absolute atomic E-state index is 14.4. The lowest BCUT2D eigenvalue weighted by molar-refractivity contribution is 0.0690. The van der Waals surface area contributed by atoms with E-state index in [-0.39, 0.29) is 60.3 Å².